The molecule has 0 spiro atoms. The van der Waals surface area contributed by atoms with Crippen molar-refractivity contribution in [2.75, 3.05) is 19.8 Å². The predicted molar refractivity (Wildman–Crippen MR) is 57.0 cm³/mol. The Morgan fingerprint density at radius 1 is 1.76 bits per heavy atom. The standard InChI is InChI=1S/C11H13N3O3/c1-11(6-16-7-11)8-17-10(15)9-2-4-14(13-9)5-3-12/h2,4H,5-8H2,1H3. The molecule has 0 atom stereocenters. The van der Waals surface area contributed by atoms with Crippen molar-refractivity contribution >= 4 is 5.97 Å². The molecule has 0 aliphatic carbocycles. The van der Waals surface area contributed by atoms with Crippen molar-refractivity contribution in [1.29, 1.82) is 5.26 Å². The molecule has 90 valence electrons. The van der Waals surface area contributed by atoms with Gasteiger partial charge in [0.25, 0.3) is 0 Å². The molecule has 2 rings (SSSR count). The molecule has 6 heteroatoms. The molecule has 0 aromatic carbocycles. The van der Waals surface area contributed by atoms with E-state index in [2.05, 4.69) is 5.10 Å². The van der Waals surface area contributed by atoms with Crippen LogP contribution >= 0.6 is 0 Å². The third-order valence-electron chi connectivity index (χ3n) is 2.54. The number of nitriles is 1. The van der Waals surface area contributed by atoms with Gasteiger partial charge in [-0.05, 0) is 6.07 Å². The van der Waals surface area contributed by atoms with Crippen LogP contribution in [0.2, 0.25) is 0 Å². The Labute approximate surface area is 98.7 Å². The molecular formula is C11H13N3O3. The van der Waals surface area contributed by atoms with Gasteiger partial charge in [0.2, 0.25) is 0 Å². The highest BCUT2D eigenvalue weighted by molar-refractivity contribution is 5.87. The Kier molecular flexibility index (Phi) is 3.11. The minimum absolute atomic E-state index is 0.0646. The second kappa shape index (κ2) is 4.55. The summed E-state index contributed by atoms with van der Waals surface area (Å²) in [5, 5.41) is 12.4. The molecule has 0 bridgehead atoms. The molecule has 17 heavy (non-hydrogen) atoms. The highest BCUT2D eigenvalue weighted by Gasteiger charge is 2.35. The minimum Gasteiger partial charge on any atom is -0.460 e. The third kappa shape index (κ3) is 2.63. The Morgan fingerprint density at radius 2 is 2.53 bits per heavy atom. The third-order valence-corrected chi connectivity index (χ3v) is 2.54. The van der Waals surface area contributed by atoms with E-state index in [-0.39, 0.29) is 17.7 Å². The molecule has 0 saturated carbocycles. The van der Waals surface area contributed by atoms with Crippen molar-refractivity contribution in [3.63, 3.8) is 0 Å². The van der Waals surface area contributed by atoms with Crippen LogP contribution in [0.4, 0.5) is 0 Å². The number of hydrogen-bond donors (Lipinski definition) is 0. The molecular weight excluding hydrogens is 222 g/mol. The molecule has 1 fully saturated rings. The zero-order chi connectivity index (χ0) is 12.3. The van der Waals surface area contributed by atoms with E-state index in [9.17, 15) is 4.79 Å². The van der Waals surface area contributed by atoms with Crippen LogP contribution in [0.5, 0.6) is 0 Å². The predicted octanol–water partition coefficient (Wildman–Crippen LogP) is 0.600. The van der Waals surface area contributed by atoms with E-state index >= 15 is 0 Å². The van der Waals surface area contributed by atoms with Gasteiger partial charge in [-0.3, -0.25) is 4.68 Å². The lowest BCUT2D eigenvalue weighted by Crippen LogP contribution is -2.44. The minimum atomic E-state index is -0.463. The highest BCUT2D eigenvalue weighted by Crippen LogP contribution is 2.26. The van der Waals surface area contributed by atoms with Crippen LogP contribution in [-0.2, 0) is 16.0 Å². The lowest BCUT2D eigenvalue weighted by Gasteiger charge is -2.36. The summed E-state index contributed by atoms with van der Waals surface area (Å²) < 4.78 is 11.6. The molecule has 1 saturated heterocycles. The summed E-state index contributed by atoms with van der Waals surface area (Å²) in [6.45, 7) is 3.68. The summed E-state index contributed by atoms with van der Waals surface area (Å²) in [6, 6.07) is 3.48. The van der Waals surface area contributed by atoms with Gasteiger partial charge in [-0.25, -0.2) is 4.79 Å². The van der Waals surface area contributed by atoms with Gasteiger partial charge in [0.05, 0.1) is 19.3 Å². The molecule has 0 unspecified atom stereocenters. The summed E-state index contributed by atoms with van der Waals surface area (Å²) >= 11 is 0. The van der Waals surface area contributed by atoms with Gasteiger partial charge in [-0.1, -0.05) is 6.92 Å². The van der Waals surface area contributed by atoms with Crippen molar-refractivity contribution in [1.82, 2.24) is 9.78 Å². The number of ether oxygens (including phenoxy) is 2. The van der Waals surface area contributed by atoms with Gasteiger partial charge in [-0.15, -0.1) is 0 Å². The maximum absolute atomic E-state index is 11.6. The second-order valence-corrected chi connectivity index (χ2v) is 4.44. The fourth-order valence-electron chi connectivity index (χ4n) is 1.48. The van der Waals surface area contributed by atoms with Crippen molar-refractivity contribution in [2.45, 2.75) is 13.5 Å². The van der Waals surface area contributed by atoms with Gasteiger partial charge in [0.15, 0.2) is 5.69 Å². The maximum Gasteiger partial charge on any atom is 0.358 e. The summed E-state index contributed by atoms with van der Waals surface area (Å²) in [5.74, 6) is -0.463. The lowest BCUT2D eigenvalue weighted by atomic mass is 9.90. The number of esters is 1. The lowest BCUT2D eigenvalue weighted by molar-refractivity contribution is -0.127. The van der Waals surface area contributed by atoms with Crippen LogP contribution < -0.4 is 0 Å². The van der Waals surface area contributed by atoms with Crippen LogP contribution in [0.3, 0.4) is 0 Å². The zero-order valence-electron chi connectivity index (χ0n) is 9.55. The average molecular weight is 235 g/mol. The number of rotatable bonds is 4. The van der Waals surface area contributed by atoms with Gasteiger partial charge in [0, 0.05) is 11.6 Å². The first-order chi connectivity index (χ1) is 8.13. The van der Waals surface area contributed by atoms with Crippen LogP contribution in [-0.4, -0.2) is 35.6 Å². The van der Waals surface area contributed by atoms with E-state index in [1.807, 2.05) is 13.0 Å². The van der Waals surface area contributed by atoms with E-state index in [0.29, 0.717) is 19.8 Å². The summed E-state index contributed by atoms with van der Waals surface area (Å²) in [6.07, 6.45) is 1.58. The van der Waals surface area contributed by atoms with Crippen molar-refractivity contribution in [2.24, 2.45) is 5.41 Å². The van der Waals surface area contributed by atoms with E-state index in [4.69, 9.17) is 14.7 Å². The van der Waals surface area contributed by atoms with E-state index in [0.717, 1.165) is 0 Å². The van der Waals surface area contributed by atoms with Crippen molar-refractivity contribution in [3.05, 3.63) is 18.0 Å². The van der Waals surface area contributed by atoms with Gasteiger partial charge in [0.1, 0.15) is 13.2 Å². The van der Waals surface area contributed by atoms with Crippen molar-refractivity contribution in [3.8, 4) is 6.07 Å². The van der Waals surface area contributed by atoms with Crippen LogP contribution in [0, 0.1) is 16.7 Å². The second-order valence-electron chi connectivity index (χ2n) is 4.44. The Balaban J connectivity index is 1.88. The summed E-state index contributed by atoms with van der Waals surface area (Å²) in [4.78, 5) is 11.6. The molecule has 1 aromatic heterocycles. The van der Waals surface area contributed by atoms with Crippen molar-refractivity contribution < 1.29 is 14.3 Å². The van der Waals surface area contributed by atoms with Gasteiger partial charge in [-0.2, -0.15) is 10.4 Å². The topological polar surface area (TPSA) is 77.1 Å². The maximum atomic E-state index is 11.6. The molecule has 0 N–H and O–H groups in total. The first-order valence-corrected chi connectivity index (χ1v) is 5.28. The number of nitrogens with zero attached hydrogens (tertiary/aromatic N) is 3. The van der Waals surface area contributed by atoms with Gasteiger partial charge >= 0.3 is 5.97 Å². The monoisotopic (exact) mass is 235 g/mol. The molecule has 1 aliphatic heterocycles. The smallest absolute Gasteiger partial charge is 0.358 e. The fourth-order valence-corrected chi connectivity index (χ4v) is 1.48. The van der Waals surface area contributed by atoms with E-state index in [1.54, 1.807) is 12.3 Å². The van der Waals surface area contributed by atoms with Crippen LogP contribution in [0.25, 0.3) is 0 Å². The normalized spacial score (nSPS) is 16.9. The largest absolute Gasteiger partial charge is 0.460 e. The van der Waals surface area contributed by atoms with Crippen LogP contribution in [0.15, 0.2) is 12.3 Å². The SMILES string of the molecule is CC1(COC(=O)c2ccn(CC#N)n2)COC1. The zero-order valence-corrected chi connectivity index (χ0v) is 9.55. The Hall–Kier alpha value is -1.87. The molecule has 0 amide bonds. The first kappa shape index (κ1) is 11.6. The number of carbonyl (C=O) groups excluding carboxylic acids is 1. The van der Waals surface area contributed by atoms with E-state index < -0.39 is 5.97 Å². The first-order valence-electron chi connectivity index (χ1n) is 5.28. The molecule has 0 radical (unpaired) electrons. The number of carbonyl (C=O) groups is 1. The Bertz CT molecular complexity index is 457. The molecule has 2 heterocycles. The average Bonchev–Trinajstić information content (AvgIpc) is 2.72. The molecule has 1 aromatic rings. The van der Waals surface area contributed by atoms with Crippen LogP contribution in [0.1, 0.15) is 17.4 Å². The molecule has 6 nitrogen and oxygen atoms in total. The number of hydrogen-bond acceptors (Lipinski definition) is 5. The molecule has 1 aliphatic rings. The summed E-state index contributed by atoms with van der Waals surface area (Å²) in [5.41, 5.74) is 0.161. The Morgan fingerprint density at radius 3 is 3.12 bits per heavy atom. The number of aromatic nitrogens is 2. The van der Waals surface area contributed by atoms with Gasteiger partial charge < -0.3 is 9.47 Å². The quantitative estimate of drug-likeness (QED) is 0.714. The fraction of sp³-hybridized carbons (Fsp3) is 0.545. The summed E-state index contributed by atoms with van der Waals surface area (Å²) in [7, 11) is 0. The van der Waals surface area contributed by atoms with E-state index in [1.165, 1.54) is 4.68 Å². The highest BCUT2D eigenvalue weighted by atomic mass is 16.5.